The third kappa shape index (κ3) is 4.06. The number of nitrogens with one attached hydrogen (secondary N) is 2. The number of benzene rings is 1. The summed E-state index contributed by atoms with van der Waals surface area (Å²) in [5, 5.41) is 6.64. The standard InChI is InChI=1S/C14H16BrClN2O/c15-12-3-1-2-11(13(12)16)14(19)18-9-6-10-4-7-17-8-5-10/h1-4,17H,5-9H2,(H,18,19). The monoisotopic (exact) mass is 342 g/mol. The first-order valence-corrected chi connectivity index (χ1v) is 7.46. The molecule has 1 amide bonds. The number of amides is 1. The van der Waals surface area contributed by atoms with Crippen molar-refractivity contribution in [2.45, 2.75) is 12.8 Å². The Bertz CT molecular complexity index is 502. The van der Waals surface area contributed by atoms with E-state index in [1.165, 1.54) is 5.57 Å². The van der Waals surface area contributed by atoms with Gasteiger partial charge in [-0.2, -0.15) is 0 Å². The van der Waals surface area contributed by atoms with Crippen molar-refractivity contribution in [2.24, 2.45) is 0 Å². The Labute approximate surface area is 126 Å². The molecule has 2 rings (SSSR count). The summed E-state index contributed by atoms with van der Waals surface area (Å²) < 4.78 is 0.739. The van der Waals surface area contributed by atoms with E-state index < -0.39 is 0 Å². The maximum absolute atomic E-state index is 12.0. The van der Waals surface area contributed by atoms with Gasteiger partial charge in [0.15, 0.2) is 0 Å². The molecule has 0 saturated heterocycles. The van der Waals surface area contributed by atoms with E-state index in [-0.39, 0.29) is 5.91 Å². The van der Waals surface area contributed by atoms with Gasteiger partial charge in [-0.3, -0.25) is 4.79 Å². The molecule has 3 nitrogen and oxygen atoms in total. The Morgan fingerprint density at radius 1 is 1.47 bits per heavy atom. The van der Waals surface area contributed by atoms with Crippen molar-refractivity contribution in [1.29, 1.82) is 0 Å². The second-order valence-corrected chi connectivity index (χ2v) is 5.66. The van der Waals surface area contributed by atoms with Crippen molar-refractivity contribution in [3.63, 3.8) is 0 Å². The average molecular weight is 344 g/mol. The lowest BCUT2D eigenvalue weighted by Crippen LogP contribution is -2.26. The van der Waals surface area contributed by atoms with Gasteiger partial charge in [0, 0.05) is 17.6 Å². The molecule has 0 aromatic heterocycles. The second kappa shape index (κ2) is 7.08. The van der Waals surface area contributed by atoms with Gasteiger partial charge < -0.3 is 10.6 Å². The van der Waals surface area contributed by atoms with E-state index in [0.717, 1.165) is 30.4 Å². The molecular formula is C14H16BrClN2O. The molecule has 0 spiro atoms. The number of carbonyl (C=O) groups excluding carboxylic acids is 1. The molecule has 0 radical (unpaired) electrons. The minimum absolute atomic E-state index is 0.124. The normalized spacial score (nSPS) is 14.9. The molecule has 1 aliphatic heterocycles. The molecule has 0 fully saturated rings. The van der Waals surface area contributed by atoms with Crippen molar-refractivity contribution in [2.75, 3.05) is 19.6 Å². The predicted octanol–water partition coefficient (Wildman–Crippen LogP) is 3.14. The highest BCUT2D eigenvalue weighted by Crippen LogP contribution is 2.25. The zero-order valence-corrected chi connectivity index (χ0v) is 12.9. The Balaban J connectivity index is 1.87. The number of halogens is 2. The van der Waals surface area contributed by atoms with Crippen molar-refractivity contribution < 1.29 is 4.79 Å². The summed E-state index contributed by atoms with van der Waals surface area (Å²) in [5.74, 6) is -0.124. The molecule has 1 heterocycles. The number of carbonyl (C=O) groups is 1. The summed E-state index contributed by atoms with van der Waals surface area (Å²) in [6.45, 7) is 2.60. The average Bonchev–Trinajstić information content (AvgIpc) is 2.43. The van der Waals surface area contributed by atoms with Crippen LogP contribution in [0.25, 0.3) is 0 Å². The molecule has 0 bridgehead atoms. The van der Waals surface area contributed by atoms with Crippen LogP contribution in [0.15, 0.2) is 34.3 Å². The van der Waals surface area contributed by atoms with Gasteiger partial charge in [-0.1, -0.05) is 29.3 Å². The van der Waals surface area contributed by atoms with Gasteiger partial charge in [0.25, 0.3) is 5.91 Å². The highest BCUT2D eigenvalue weighted by atomic mass is 79.9. The Kier molecular flexibility index (Phi) is 5.43. The van der Waals surface area contributed by atoms with Crippen LogP contribution in [0.4, 0.5) is 0 Å². The highest BCUT2D eigenvalue weighted by molar-refractivity contribution is 9.10. The van der Waals surface area contributed by atoms with E-state index in [1.54, 1.807) is 12.1 Å². The van der Waals surface area contributed by atoms with Crippen LogP contribution in [0.5, 0.6) is 0 Å². The van der Waals surface area contributed by atoms with E-state index >= 15 is 0 Å². The van der Waals surface area contributed by atoms with Gasteiger partial charge in [-0.05, 0) is 47.4 Å². The van der Waals surface area contributed by atoms with Crippen molar-refractivity contribution in [3.8, 4) is 0 Å². The van der Waals surface area contributed by atoms with Crippen LogP contribution >= 0.6 is 27.5 Å². The lowest BCUT2D eigenvalue weighted by Gasteiger charge is -2.14. The molecule has 5 heteroatoms. The van der Waals surface area contributed by atoms with Crippen molar-refractivity contribution in [1.82, 2.24) is 10.6 Å². The molecule has 102 valence electrons. The van der Waals surface area contributed by atoms with Crippen LogP contribution < -0.4 is 10.6 Å². The SMILES string of the molecule is O=C(NCCC1=CCNCC1)c1cccc(Br)c1Cl. The van der Waals surface area contributed by atoms with Crippen LogP contribution in [0, 0.1) is 0 Å². The summed E-state index contributed by atoms with van der Waals surface area (Å²) in [6, 6.07) is 5.35. The van der Waals surface area contributed by atoms with E-state index in [0.29, 0.717) is 17.1 Å². The minimum Gasteiger partial charge on any atom is -0.352 e. The Hall–Kier alpha value is -0.840. The summed E-state index contributed by atoms with van der Waals surface area (Å²) >= 11 is 9.41. The highest BCUT2D eigenvalue weighted by Gasteiger charge is 2.12. The van der Waals surface area contributed by atoms with Gasteiger partial charge in [0.2, 0.25) is 0 Å². The third-order valence-electron chi connectivity index (χ3n) is 3.09. The molecule has 2 N–H and O–H groups in total. The fourth-order valence-electron chi connectivity index (χ4n) is 2.01. The van der Waals surface area contributed by atoms with Crippen LogP contribution in [-0.2, 0) is 0 Å². The summed E-state index contributed by atoms with van der Waals surface area (Å²) in [6.07, 6.45) is 4.16. The first-order chi connectivity index (χ1) is 9.18. The Morgan fingerprint density at radius 2 is 2.32 bits per heavy atom. The van der Waals surface area contributed by atoms with E-state index in [2.05, 4.69) is 32.6 Å². The van der Waals surface area contributed by atoms with Gasteiger partial charge in [0.05, 0.1) is 10.6 Å². The van der Waals surface area contributed by atoms with Crippen LogP contribution in [0.2, 0.25) is 5.02 Å². The third-order valence-corrected chi connectivity index (χ3v) is 4.38. The first-order valence-electron chi connectivity index (χ1n) is 6.29. The zero-order valence-electron chi connectivity index (χ0n) is 10.5. The largest absolute Gasteiger partial charge is 0.352 e. The smallest absolute Gasteiger partial charge is 0.252 e. The maximum atomic E-state index is 12.0. The molecular weight excluding hydrogens is 328 g/mol. The minimum atomic E-state index is -0.124. The second-order valence-electron chi connectivity index (χ2n) is 4.42. The molecule has 19 heavy (non-hydrogen) atoms. The molecule has 0 atom stereocenters. The van der Waals surface area contributed by atoms with Gasteiger partial charge in [-0.15, -0.1) is 0 Å². The van der Waals surface area contributed by atoms with Gasteiger partial charge >= 0.3 is 0 Å². The Morgan fingerprint density at radius 3 is 3.05 bits per heavy atom. The molecule has 0 saturated carbocycles. The fraction of sp³-hybridized carbons (Fsp3) is 0.357. The fourth-order valence-corrected chi connectivity index (χ4v) is 2.59. The van der Waals surface area contributed by atoms with Gasteiger partial charge in [-0.25, -0.2) is 0 Å². The van der Waals surface area contributed by atoms with Crippen molar-refractivity contribution >= 4 is 33.4 Å². The first kappa shape index (κ1) is 14.6. The maximum Gasteiger partial charge on any atom is 0.252 e. The summed E-state index contributed by atoms with van der Waals surface area (Å²) in [5.41, 5.74) is 1.91. The van der Waals surface area contributed by atoms with Crippen LogP contribution in [0.3, 0.4) is 0 Å². The van der Waals surface area contributed by atoms with Crippen LogP contribution in [0.1, 0.15) is 23.2 Å². The zero-order chi connectivity index (χ0) is 13.7. The molecule has 1 aromatic rings. The molecule has 1 aliphatic rings. The van der Waals surface area contributed by atoms with E-state index in [1.807, 2.05) is 6.07 Å². The van der Waals surface area contributed by atoms with E-state index in [9.17, 15) is 4.79 Å². The summed E-state index contributed by atoms with van der Waals surface area (Å²) in [7, 11) is 0. The molecule has 0 unspecified atom stereocenters. The lowest BCUT2D eigenvalue weighted by molar-refractivity contribution is 0.0954. The number of hydrogen-bond donors (Lipinski definition) is 2. The lowest BCUT2D eigenvalue weighted by atomic mass is 10.1. The molecule has 1 aromatic carbocycles. The van der Waals surface area contributed by atoms with E-state index in [4.69, 9.17) is 11.6 Å². The number of rotatable bonds is 4. The molecule has 0 aliphatic carbocycles. The predicted molar refractivity (Wildman–Crippen MR) is 81.7 cm³/mol. The quantitative estimate of drug-likeness (QED) is 0.825. The van der Waals surface area contributed by atoms with Crippen molar-refractivity contribution in [3.05, 3.63) is 44.9 Å². The number of hydrogen-bond acceptors (Lipinski definition) is 2. The van der Waals surface area contributed by atoms with Crippen LogP contribution in [-0.4, -0.2) is 25.5 Å². The summed E-state index contributed by atoms with van der Waals surface area (Å²) in [4.78, 5) is 12.0. The van der Waals surface area contributed by atoms with Gasteiger partial charge in [0.1, 0.15) is 0 Å². The topological polar surface area (TPSA) is 41.1 Å².